The highest BCUT2D eigenvalue weighted by atomic mass is 16.5. The molecule has 0 aliphatic heterocycles. The minimum absolute atomic E-state index is 0.345. The Morgan fingerprint density at radius 3 is 3.11 bits per heavy atom. The zero-order valence-electron chi connectivity index (χ0n) is 4.88. The van der Waals surface area contributed by atoms with Gasteiger partial charge in [-0.25, -0.2) is 0 Å². The van der Waals surface area contributed by atoms with Crippen molar-refractivity contribution in [2.75, 3.05) is 7.11 Å². The highest BCUT2D eigenvalue weighted by molar-refractivity contribution is 5.34. The number of rotatable bonds is 1. The second kappa shape index (κ2) is 2.18. The van der Waals surface area contributed by atoms with Gasteiger partial charge in [-0.2, -0.15) is 5.26 Å². The summed E-state index contributed by atoms with van der Waals surface area (Å²) in [4.78, 5) is 0. The standard InChI is InChI=1S/C5H5N3O/c1-9-5-4(2-6)3-7-8-5/h3H,1H3,(H,7,8). The molecular formula is C5H5N3O. The summed E-state index contributed by atoms with van der Waals surface area (Å²) in [5.41, 5.74) is 0.428. The average molecular weight is 123 g/mol. The summed E-state index contributed by atoms with van der Waals surface area (Å²) in [5, 5.41) is 14.5. The first-order chi connectivity index (χ1) is 4.38. The molecule has 0 saturated carbocycles. The lowest BCUT2D eigenvalue weighted by Gasteiger charge is -1.88. The number of hydrogen-bond donors (Lipinski definition) is 1. The van der Waals surface area contributed by atoms with Crippen molar-refractivity contribution in [3.63, 3.8) is 0 Å². The van der Waals surface area contributed by atoms with Crippen LogP contribution in [0.15, 0.2) is 6.20 Å². The molecule has 0 atom stereocenters. The maximum absolute atomic E-state index is 8.35. The van der Waals surface area contributed by atoms with Gasteiger partial charge in [0.25, 0.3) is 0 Å². The Hall–Kier alpha value is -1.50. The second-order valence-corrected chi connectivity index (χ2v) is 1.42. The van der Waals surface area contributed by atoms with Crippen molar-refractivity contribution in [1.29, 1.82) is 5.26 Å². The van der Waals surface area contributed by atoms with E-state index in [1.165, 1.54) is 13.3 Å². The van der Waals surface area contributed by atoms with E-state index in [-0.39, 0.29) is 0 Å². The summed E-state index contributed by atoms with van der Waals surface area (Å²) in [6.07, 6.45) is 1.48. The van der Waals surface area contributed by atoms with Crippen LogP contribution in [0.25, 0.3) is 0 Å². The van der Waals surface area contributed by atoms with Gasteiger partial charge >= 0.3 is 0 Å². The minimum Gasteiger partial charge on any atom is -0.479 e. The third-order valence-electron chi connectivity index (χ3n) is 0.919. The Morgan fingerprint density at radius 2 is 2.67 bits per heavy atom. The highest BCUT2D eigenvalue weighted by Gasteiger charge is 2.01. The van der Waals surface area contributed by atoms with Gasteiger partial charge in [-0.1, -0.05) is 0 Å². The molecule has 1 rings (SSSR count). The number of aromatic amines is 1. The van der Waals surface area contributed by atoms with Crippen molar-refractivity contribution in [3.05, 3.63) is 11.8 Å². The van der Waals surface area contributed by atoms with Gasteiger partial charge < -0.3 is 4.74 Å². The van der Waals surface area contributed by atoms with Crippen molar-refractivity contribution in [2.24, 2.45) is 0 Å². The molecule has 0 spiro atoms. The molecule has 0 amide bonds. The van der Waals surface area contributed by atoms with Crippen LogP contribution in [-0.2, 0) is 0 Å². The number of nitrogens with one attached hydrogen (secondary N) is 1. The van der Waals surface area contributed by atoms with E-state index in [9.17, 15) is 0 Å². The van der Waals surface area contributed by atoms with Crippen molar-refractivity contribution < 1.29 is 4.74 Å². The molecule has 0 radical (unpaired) electrons. The average Bonchev–Trinajstić information content (AvgIpc) is 2.33. The molecule has 1 heterocycles. The SMILES string of the molecule is COc1n[nH]cc1C#N. The lowest BCUT2D eigenvalue weighted by atomic mass is 10.4. The fourth-order valence-electron chi connectivity index (χ4n) is 0.513. The molecule has 4 heteroatoms. The lowest BCUT2D eigenvalue weighted by molar-refractivity contribution is 0.396. The van der Waals surface area contributed by atoms with Gasteiger partial charge in [0.1, 0.15) is 11.6 Å². The summed E-state index contributed by atoms with van der Waals surface area (Å²) >= 11 is 0. The number of H-pyrrole nitrogens is 1. The Balaban J connectivity index is 3.02. The summed E-state index contributed by atoms with van der Waals surface area (Å²) in [6, 6.07) is 1.91. The molecular weight excluding hydrogens is 118 g/mol. The molecule has 4 nitrogen and oxygen atoms in total. The monoisotopic (exact) mass is 123 g/mol. The fraction of sp³-hybridized carbons (Fsp3) is 0.200. The molecule has 1 N–H and O–H groups in total. The largest absolute Gasteiger partial charge is 0.479 e. The van der Waals surface area contributed by atoms with Gasteiger partial charge in [0.2, 0.25) is 5.88 Å². The Kier molecular flexibility index (Phi) is 1.36. The van der Waals surface area contributed by atoms with Gasteiger partial charge in [0.05, 0.1) is 7.11 Å². The molecule has 0 bridgehead atoms. The third kappa shape index (κ3) is 0.842. The van der Waals surface area contributed by atoms with Crippen molar-refractivity contribution in [3.8, 4) is 11.9 Å². The molecule has 0 fully saturated rings. The lowest BCUT2D eigenvalue weighted by Crippen LogP contribution is -1.83. The molecule has 1 aromatic heterocycles. The van der Waals surface area contributed by atoms with Crippen LogP contribution in [0.5, 0.6) is 5.88 Å². The van der Waals surface area contributed by atoms with Gasteiger partial charge in [0.15, 0.2) is 0 Å². The van der Waals surface area contributed by atoms with Gasteiger partial charge in [-0.05, 0) is 0 Å². The van der Waals surface area contributed by atoms with E-state index in [2.05, 4.69) is 10.2 Å². The van der Waals surface area contributed by atoms with E-state index in [0.29, 0.717) is 11.4 Å². The van der Waals surface area contributed by atoms with Crippen molar-refractivity contribution >= 4 is 0 Å². The number of nitrogens with zero attached hydrogens (tertiary/aromatic N) is 2. The van der Waals surface area contributed by atoms with Crippen LogP contribution in [0.3, 0.4) is 0 Å². The summed E-state index contributed by atoms with van der Waals surface area (Å²) in [6.45, 7) is 0. The smallest absolute Gasteiger partial charge is 0.250 e. The Bertz CT molecular complexity index is 235. The maximum Gasteiger partial charge on any atom is 0.250 e. The molecule has 0 aliphatic rings. The molecule has 0 saturated heterocycles. The van der Waals surface area contributed by atoms with E-state index in [4.69, 9.17) is 10.00 Å². The van der Waals surface area contributed by atoms with Crippen molar-refractivity contribution in [1.82, 2.24) is 10.2 Å². The van der Waals surface area contributed by atoms with Crippen LogP contribution >= 0.6 is 0 Å². The van der Waals surface area contributed by atoms with E-state index in [0.717, 1.165) is 0 Å². The van der Waals surface area contributed by atoms with E-state index in [1.807, 2.05) is 6.07 Å². The Morgan fingerprint density at radius 1 is 1.89 bits per heavy atom. The fourth-order valence-corrected chi connectivity index (χ4v) is 0.513. The first-order valence-corrected chi connectivity index (χ1v) is 2.36. The van der Waals surface area contributed by atoms with E-state index >= 15 is 0 Å². The zero-order valence-corrected chi connectivity index (χ0v) is 4.88. The predicted molar refractivity (Wildman–Crippen MR) is 29.9 cm³/mol. The number of aromatic nitrogens is 2. The zero-order chi connectivity index (χ0) is 6.69. The molecule has 46 valence electrons. The van der Waals surface area contributed by atoms with Gasteiger partial charge in [-0.3, -0.25) is 5.10 Å². The normalized spacial score (nSPS) is 8.44. The number of nitriles is 1. The predicted octanol–water partition coefficient (Wildman–Crippen LogP) is 0.290. The highest BCUT2D eigenvalue weighted by Crippen LogP contribution is 2.09. The van der Waals surface area contributed by atoms with Gasteiger partial charge in [-0.15, -0.1) is 5.10 Å². The number of hydrogen-bond acceptors (Lipinski definition) is 3. The minimum atomic E-state index is 0.345. The molecule has 1 aromatic rings. The number of ether oxygens (including phenoxy) is 1. The van der Waals surface area contributed by atoms with Crippen LogP contribution in [-0.4, -0.2) is 17.3 Å². The topological polar surface area (TPSA) is 61.7 Å². The van der Waals surface area contributed by atoms with Crippen LogP contribution < -0.4 is 4.74 Å². The summed E-state index contributed by atoms with van der Waals surface area (Å²) < 4.78 is 4.71. The van der Waals surface area contributed by atoms with Crippen molar-refractivity contribution in [2.45, 2.75) is 0 Å². The summed E-state index contributed by atoms with van der Waals surface area (Å²) in [7, 11) is 1.47. The molecule has 0 aromatic carbocycles. The first-order valence-electron chi connectivity index (χ1n) is 2.36. The Labute approximate surface area is 52.1 Å². The first kappa shape index (κ1) is 5.63. The van der Waals surface area contributed by atoms with Crippen LogP contribution in [0.1, 0.15) is 5.56 Å². The number of methoxy groups -OCH3 is 1. The summed E-state index contributed by atoms with van der Waals surface area (Å²) in [5.74, 6) is 0.345. The maximum atomic E-state index is 8.35. The second-order valence-electron chi connectivity index (χ2n) is 1.42. The molecule has 0 aliphatic carbocycles. The van der Waals surface area contributed by atoms with Gasteiger partial charge in [0, 0.05) is 6.20 Å². The third-order valence-corrected chi connectivity index (χ3v) is 0.919. The van der Waals surface area contributed by atoms with Crippen LogP contribution in [0.2, 0.25) is 0 Å². The quantitative estimate of drug-likeness (QED) is 0.583. The molecule has 0 unspecified atom stereocenters. The van der Waals surface area contributed by atoms with Crippen LogP contribution in [0.4, 0.5) is 0 Å². The molecule has 9 heavy (non-hydrogen) atoms. The van der Waals surface area contributed by atoms with E-state index in [1.54, 1.807) is 0 Å². The van der Waals surface area contributed by atoms with E-state index < -0.39 is 0 Å². The van der Waals surface area contributed by atoms with Crippen LogP contribution in [0, 0.1) is 11.3 Å².